The smallest absolute Gasteiger partial charge is 0.255 e. The van der Waals surface area contributed by atoms with Crippen LogP contribution in [0.5, 0.6) is 0 Å². The Morgan fingerprint density at radius 2 is 1.73 bits per heavy atom. The molecule has 2 aromatic rings. The topological polar surface area (TPSA) is 59.3 Å². The third-order valence-electron chi connectivity index (χ3n) is 4.07. The van der Waals surface area contributed by atoms with Gasteiger partial charge in [0.2, 0.25) is 0 Å². The zero-order valence-corrected chi connectivity index (χ0v) is 16.8. The molecular formula is C21H28N4O. The van der Waals surface area contributed by atoms with E-state index < -0.39 is 0 Å². The molecule has 0 radical (unpaired) electrons. The number of rotatable bonds is 2. The highest BCUT2D eigenvalue weighted by molar-refractivity contribution is 6.16. The first-order chi connectivity index (χ1) is 12.0. The monoisotopic (exact) mass is 352 g/mol. The lowest BCUT2D eigenvalue weighted by molar-refractivity contribution is 0.0919. The van der Waals surface area contributed by atoms with E-state index in [4.69, 9.17) is 10.1 Å². The molecule has 0 bridgehead atoms. The average molecular weight is 352 g/mol. The lowest BCUT2D eigenvalue weighted by Gasteiger charge is -2.20. The van der Waals surface area contributed by atoms with Crippen molar-refractivity contribution in [2.75, 3.05) is 0 Å². The Hall–Kier alpha value is -2.43. The summed E-state index contributed by atoms with van der Waals surface area (Å²) in [7, 11) is 0. The van der Waals surface area contributed by atoms with Crippen molar-refractivity contribution in [3.63, 3.8) is 0 Å². The van der Waals surface area contributed by atoms with Crippen molar-refractivity contribution >= 4 is 11.7 Å². The van der Waals surface area contributed by atoms with E-state index in [-0.39, 0.29) is 17.0 Å². The maximum Gasteiger partial charge on any atom is 0.255 e. The number of nitrogens with zero attached hydrogens (tertiary/aromatic N) is 3. The first-order valence-corrected chi connectivity index (χ1v) is 9.16. The van der Waals surface area contributed by atoms with Crippen LogP contribution in [0.3, 0.4) is 0 Å². The molecule has 0 spiro atoms. The minimum Gasteiger partial charge on any atom is -0.347 e. The van der Waals surface area contributed by atoms with Gasteiger partial charge in [0.1, 0.15) is 0 Å². The zero-order chi connectivity index (χ0) is 19.3. The predicted molar refractivity (Wildman–Crippen MR) is 106 cm³/mol. The number of benzene rings is 1. The molecule has 0 unspecified atom stereocenters. The average Bonchev–Trinajstić information content (AvgIpc) is 3.01. The Bertz CT molecular complexity index is 892. The molecule has 26 heavy (non-hydrogen) atoms. The number of fused-ring (bicyclic) bond motifs is 3. The Morgan fingerprint density at radius 3 is 2.27 bits per heavy atom. The van der Waals surface area contributed by atoms with Gasteiger partial charge in [0.05, 0.1) is 22.5 Å². The van der Waals surface area contributed by atoms with Gasteiger partial charge in [-0.3, -0.25) is 9.79 Å². The van der Waals surface area contributed by atoms with E-state index in [1.807, 2.05) is 56.6 Å². The Morgan fingerprint density at radius 1 is 1.12 bits per heavy atom. The minimum atomic E-state index is -0.308. The molecule has 138 valence electrons. The van der Waals surface area contributed by atoms with E-state index in [1.54, 1.807) is 0 Å². The molecule has 0 saturated heterocycles. The first kappa shape index (κ1) is 18.4. The van der Waals surface area contributed by atoms with Gasteiger partial charge in [-0.25, -0.2) is 4.68 Å². The number of aromatic nitrogens is 2. The minimum absolute atomic E-state index is 0.0811. The number of amides is 1. The number of nitrogens with one attached hydrogen (secondary N) is 1. The van der Waals surface area contributed by atoms with Gasteiger partial charge in [-0.1, -0.05) is 31.2 Å². The van der Waals surface area contributed by atoms with Crippen molar-refractivity contribution in [2.45, 2.75) is 66.0 Å². The molecular weight excluding hydrogens is 324 g/mol. The van der Waals surface area contributed by atoms with E-state index >= 15 is 0 Å². The third-order valence-corrected chi connectivity index (χ3v) is 4.07. The van der Waals surface area contributed by atoms with Crippen LogP contribution in [0.2, 0.25) is 0 Å². The molecule has 1 aliphatic heterocycles. The molecule has 1 aromatic heterocycles. The van der Waals surface area contributed by atoms with Crippen molar-refractivity contribution in [2.24, 2.45) is 4.99 Å². The van der Waals surface area contributed by atoms with E-state index in [2.05, 4.69) is 26.1 Å². The molecule has 0 atom stereocenters. The van der Waals surface area contributed by atoms with Crippen LogP contribution in [0.15, 0.2) is 29.3 Å². The summed E-state index contributed by atoms with van der Waals surface area (Å²) in [6, 6.07) is 8.08. The van der Waals surface area contributed by atoms with Gasteiger partial charge in [-0.15, -0.1) is 0 Å². The van der Waals surface area contributed by atoms with E-state index in [9.17, 15) is 4.79 Å². The third kappa shape index (κ3) is 3.30. The van der Waals surface area contributed by atoms with E-state index in [0.29, 0.717) is 12.0 Å². The van der Waals surface area contributed by atoms with E-state index in [0.717, 1.165) is 28.4 Å². The summed E-state index contributed by atoms with van der Waals surface area (Å²) in [5, 5.41) is 7.85. The maximum absolute atomic E-state index is 13.1. The Balaban J connectivity index is 2.27. The van der Waals surface area contributed by atoms with Crippen molar-refractivity contribution in [1.82, 2.24) is 15.1 Å². The van der Waals surface area contributed by atoms with Crippen LogP contribution in [-0.2, 0) is 6.42 Å². The summed E-state index contributed by atoms with van der Waals surface area (Å²) in [5.41, 5.74) is 3.81. The SMILES string of the molecule is CCc1nn2c(c1C(=O)NC(C)(C)C)-c1ccccc1C2=NC(C)(C)C. The Labute approximate surface area is 155 Å². The lowest BCUT2D eigenvalue weighted by atomic mass is 10.00. The fourth-order valence-electron chi connectivity index (χ4n) is 3.18. The molecule has 5 nitrogen and oxygen atoms in total. The fraction of sp³-hybridized carbons (Fsp3) is 0.476. The molecule has 1 aliphatic rings. The summed E-state index contributed by atoms with van der Waals surface area (Å²) in [5.74, 6) is 0.732. The second-order valence-electron chi connectivity index (χ2n) is 8.79. The molecule has 0 aliphatic carbocycles. The van der Waals surface area contributed by atoms with Gasteiger partial charge in [0.25, 0.3) is 5.91 Å². The number of aryl methyl sites for hydroxylation is 1. The molecule has 5 heteroatoms. The number of hydrogen-bond acceptors (Lipinski definition) is 3. The summed E-state index contributed by atoms with van der Waals surface area (Å²) in [6.45, 7) is 14.2. The van der Waals surface area contributed by atoms with Gasteiger partial charge in [-0.2, -0.15) is 5.10 Å². The number of carbonyl (C=O) groups is 1. The van der Waals surface area contributed by atoms with E-state index in [1.165, 1.54) is 0 Å². The normalized spacial score (nSPS) is 15.1. The van der Waals surface area contributed by atoms with Crippen LogP contribution >= 0.6 is 0 Å². The van der Waals surface area contributed by atoms with Gasteiger partial charge in [0, 0.05) is 16.7 Å². The molecule has 1 amide bonds. The molecule has 2 heterocycles. The Kier molecular flexibility index (Phi) is 4.29. The summed E-state index contributed by atoms with van der Waals surface area (Å²) < 4.78 is 1.85. The van der Waals surface area contributed by atoms with Crippen molar-refractivity contribution < 1.29 is 4.79 Å². The van der Waals surface area contributed by atoms with Crippen LogP contribution in [-0.4, -0.2) is 32.6 Å². The van der Waals surface area contributed by atoms with Crippen LogP contribution < -0.4 is 5.32 Å². The quantitative estimate of drug-likeness (QED) is 0.756. The van der Waals surface area contributed by atoms with Crippen LogP contribution in [0.4, 0.5) is 0 Å². The molecule has 0 saturated carbocycles. The standard InChI is InChI=1S/C21H28N4O/c1-8-15-16(19(26)23-21(5,6)7)17-13-11-9-10-12-14(13)18(25(17)24-15)22-20(2,3)4/h9-12H,8H2,1-7H3,(H,23,26). The molecule has 1 aromatic carbocycles. The molecule has 0 fully saturated rings. The predicted octanol–water partition coefficient (Wildman–Crippen LogP) is 4.05. The van der Waals surface area contributed by atoms with Crippen molar-refractivity contribution in [3.05, 3.63) is 41.1 Å². The largest absolute Gasteiger partial charge is 0.347 e. The fourth-order valence-corrected chi connectivity index (χ4v) is 3.18. The summed E-state index contributed by atoms with van der Waals surface area (Å²) in [6.07, 6.45) is 0.692. The zero-order valence-electron chi connectivity index (χ0n) is 16.8. The number of aliphatic imine (C=N–C) groups is 1. The van der Waals surface area contributed by atoms with Crippen molar-refractivity contribution in [1.29, 1.82) is 0 Å². The van der Waals surface area contributed by atoms with Gasteiger partial charge in [0.15, 0.2) is 5.84 Å². The number of hydrogen-bond donors (Lipinski definition) is 1. The maximum atomic E-state index is 13.1. The molecule has 3 rings (SSSR count). The lowest BCUT2D eigenvalue weighted by Crippen LogP contribution is -2.41. The van der Waals surface area contributed by atoms with Crippen molar-refractivity contribution in [3.8, 4) is 11.3 Å². The molecule has 1 N–H and O–H groups in total. The number of carbonyl (C=O) groups excluding carboxylic acids is 1. The second kappa shape index (κ2) is 6.08. The van der Waals surface area contributed by atoms with Crippen LogP contribution in [0.25, 0.3) is 11.3 Å². The van der Waals surface area contributed by atoms with Gasteiger partial charge >= 0.3 is 0 Å². The highest BCUT2D eigenvalue weighted by Gasteiger charge is 2.35. The summed E-state index contributed by atoms with van der Waals surface area (Å²) >= 11 is 0. The summed E-state index contributed by atoms with van der Waals surface area (Å²) in [4.78, 5) is 18.0. The highest BCUT2D eigenvalue weighted by atomic mass is 16.1. The van der Waals surface area contributed by atoms with Gasteiger partial charge in [-0.05, 0) is 48.0 Å². The van der Waals surface area contributed by atoms with Crippen LogP contribution in [0, 0.1) is 0 Å². The highest BCUT2D eigenvalue weighted by Crippen LogP contribution is 2.37. The second-order valence-corrected chi connectivity index (χ2v) is 8.79. The first-order valence-electron chi connectivity index (χ1n) is 9.16. The van der Waals surface area contributed by atoms with Crippen LogP contribution in [0.1, 0.15) is 70.1 Å². The van der Waals surface area contributed by atoms with Gasteiger partial charge < -0.3 is 5.32 Å².